The molecule has 2 aromatic carbocycles. The molecule has 0 saturated heterocycles. The SMILES string of the molecule is CNN(C(=O)OCCOCCOCCO)c1nn(CC(F)(F)F)c2c(-c3ccc(C#CC(C)(C)NC)nc3C(Cc3cc(F)cc(F)c3)NC(=O)CNC3=C(C(=N)C(F)(F)F)CCC3(C)F)ccc(Cl)c12. The molecule has 2 atom stereocenters. The fourth-order valence-electron chi connectivity index (χ4n) is 7.39. The number of hydrogen-bond donors (Lipinski definition) is 6. The first-order valence-corrected chi connectivity index (χ1v) is 22.1. The first-order valence-electron chi connectivity index (χ1n) is 21.8. The second-order valence-corrected chi connectivity index (χ2v) is 17.1. The van der Waals surface area contributed by atoms with Gasteiger partial charge in [0.15, 0.2) is 5.82 Å². The molecule has 2 unspecified atom stereocenters. The predicted octanol–water partition coefficient (Wildman–Crippen LogP) is 7.39. The van der Waals surface area contributed by atoms with Crippen molar-refractivity contribution in [2.75, 3.05) is 65.3 Å². The van der Waals surface area contributed by atoms with Crippen LogP contribution >= 0.6 is 11.6 Å². The number of nitrogens with zero attached hydrogens (tertiary/aromatic N) is 4. The zero-order valence-corrected chi connectivity index (χ0v) is 39.7. The van der Waals surface area contributed by atoms with Crippen LogP contribution in [0.25, 0.3) is 22.0 Å². The molecule has 0 bridgehead atoms. The minimum absolute atomic E-state index is 0.0236. The summed E-state index contributed by atoms with van der Waals surface area (Å²) in [4.78, 5) is 32.2. The number of aromatic nitrogens is 3. The van der Waals surface area contributed by atoms with Gasteiger partial charge < -0.3 is 35.3 Å². The van der Waals surface area contributed by atoms with Crippen LogP contribution in [0.1, 0.15) is 56.6 Å². The third-order valence-corrected chi connectivity index (χ3v) is 11.2. The Morgan fingerprint density at radius 1 is 0.986 bits per heavy atom. The maximum absolute atomic E-state index is 15.7. The van der Waals surface area contributed by atoms with Crippen LogP contribution in [0.3, 0.4) is 0 Å². The average Bonchev–Trinajstić information content (AvgIpc) is 3.80. The highest BCUT2D eigenvalue weighted by atomic mass is 35.5. The van der Waals surface area contributed by atoms with Crippen molar-refractivity contribution < 1.29 is 68.4 Å². The third-order valence-electron chi connectivity index (χ3n) is 10.9. The smallest absolute Gasteiger partial charge is 0.432 e. The van der Waals surface area contributed by atoms with Gasteiger partial charge in [0.25, 0.3) is 0 Å². The molecule has 0 radical (unpaired) electrons. The van der Waals surface area contributed by atoms with E-state index < -0.39 is 108 Å². The molecule has 1 aliphatic rings. The third kappa shape index (κ3) is 14.8. The Bertz CT molecular complexity index is 2660. The van der Waals surface area contributed by atoms with Crippen LogP contribution < -0.4 is 26.4 Å². The number of ether oxygens (including phenoxy) is 3. The number of nitrogens with one attached hydrogen (secondary N) is 5. The van der Waals surface area contributed by atoms with Crippen LogP contribution in [0, 0.1) is 28.9 Å². The molecule has 1 aliphatic carbocycles. The van der Waals surface area contributed by atoms with Crippen LogP contribution in [0.5, 0.6) is 0 Å². The highest BCUT2D eigenvalue weighted by Gasteiger charge is 2.45. The summed E-state index contributed by atoms with van der Waals surface area (Å²) in [5.74, 6) is 2.38. The molecule has 2 heterocycles. The number of hydrazine groups is 1. The number of carbonyl (C=O) groups excluding carboxylic acids is 2. The lowest BCUT2D eigenvalue weighted by Gasteiger charge is -2.24. The fraction of sp³-hybridized carbons (Fsp3) is 0.457. The first-order chi connectivity index (χ1) is 33.3. The van der Waals surface area contributed by atoms with Gasteiger partial charge >= 0.3 is 18.4 Å². The zero-order chi connectivity index (χ0) is 52.5. The van der Waals surface area contributed by atoms with E-state index in [2.05, 4.69) is 38.3 Å². The van der Waals surface area contributed by atoms with Gasteiger partial charge in [-0.1, -0.05) is 23.6 Å². The summed E-state index contributed by atoms with van der Waals surface area (Å²) in [6.45, 7) is 1.51. The van der Waals surface area contributed by atoms with Crippen LogP contribution in [-0.4, -0.2) is 121 Å². The van der Waals surface area contributed by atoms with Crippen LogP contribution in [0.15, 0.2) is 53.7 Å². The zero-order valence-electron chi connectivity index (χ0n) is 39.0. The van der Waals surface area contributed by atoms with Gasteiger partial charge in [0.05, 0.1) is 78.5 Å². The van der Waals surface area contributed by atoms with E-state index >= 15 is 4.39 Å². The number of anilines is 1. The number of carbonyl (C=O) groups is 2. The summed E-state index contributed by atoms with van der Waals surface area (Å²) in [7, 11) is 2.90. The highest BCUT2D eigenvalue weighted by molar-refractivity contribution is 6.37. The summed E-state index contributed by atoms with van der Waals surface area (Å²) in [6.07, 6.45) is -12.6. The van der Waals surface area contributed by atoms with Gasteiger partial charge in [0, 0.05) is 29.8 Å². The molecule has 0 spiro atoms. The number of aliphatic hydroxyl groups is 1. The molecule has 2 aromatic heterocycles. The quantitative estimate of drug-likeness (QED) is 0.0161. The first kappa shape index (κ1) is 56.0. The minimum atomic E-state index is -5.14. The van der Waals surface area contributed by atoms with Crippen LogP contribution in [-0.2, 0) is 32.0 Å². The van der Waals surface area contributed by atoms with Crippen molar-refractivity contribution in [1.29, 1.82) is 5.41 Å². The van der Waals surface area contributed by atoms with Gasteiger partial charge in [0.2, 0.25) is 5.91 Å². The summed E-state index contributed by atoms with van der Waals surface area (Å²) >= 11 is 6.73. The van der Waals surface area contributed by atoms with E-state index in [1.165, 1.54) is 31.3 Å². The number of alkyl halides is 7. The molecule has 0 fully saturated rings. The Morgan fingerprint density at radius 3 is 2.25 bits per heavy atom. The van der Waals surface area contributed by atoms with Gasteiger partial charge in [-0.15, -0.1) is 0 Å². The number of aliphatic hydroxyl groups excluding tert-OH is 1. The molecule has 15 nitrogen and oxygen atoms in total. The van der Waals surface area contributed by atoms with Gasteiger partial charge in [-0.3, -0.25) is 14.9 Å². The van der Waals surface area contributed by atoms with E-state index in [0.29, 0.717) is 15.8 Å². The van der Waals surface area contributed by atoms with Crippen molar-refractivity contribution in [1.82, 2.24) is 36.1 Å². The number of benzene rings is 2. The number of halogens is 10. The number of rotatable bonds is 21. The van der Waals surface area contributed by atoms with E-state index in [0.717, 1.165) is 19.1 Å². The van der Waals surface area contributed by atoms with Gasteiger partial charge in [-0.05, 0) is 88.9 Å². The van der Waals surface area contributed by atoms with E-state index in [4.69, 9.17) is 41.3 Å². The van der Waals surface area contributed by atoms with Crippen molar-refractivity contribution in [2.45, 2.75) is 76.2 Å². The lowest BCUT2D eigenvalue weighted by atomic mass is 9.93. The second kappa shape index (κ2) is 23.5. The van der Waals surface area contributed by atoms with Crippen molar-refractivity contribution in [2.24, 2.45) is 0 Å². The van der Waals surface area contributed by atoms with Gasteiger partial charge in [0.1, 0.15) is 41.9 Å². The minimum Gasteiger partial charge on any atom is -0.446 e. The molecule has 386 valence electrons. The maximum Gasteiger partial charge on any atom is 0.432 e. The van der Waals surface area contributed by atoms with Crippen LogP contribution in [0.2, 0.25) is 5.02 Å². The Labute approximate surface area is 406 Å². The predicted molar refractivity (Wildman–Crippen MR) is 244 cm³/mol. The highest BCUT2D eigenvalue weighted by Crippen LogP contribution is 2.43. The normalized spacial score (nSPS) is 15.7. The molecule has 5 rings (SSSR count). The monoisotopic (exact) mass is 1030 g/mol. The van der Waals surface area contributed by atoms with Gasteiger partial charge in [-0.2, -0.15) is 36.5 Å². The van der Waals surface area contributed by atoms with Crippen molar-refractivity contribution >= 4 is 46.0 Å². The van der Waals surface area contributed by atoms with E-state index in [-0.39, 0.29) is 83.6 Å². The molecule has 0 saturated carbocycles. The Balaban J connectivity index is 1.69. The number of hydrogen-bond acceptors (Lipinski definition) is 12. The lowest BCUT2D eigenvalue weighted by molar-refractivity contribution is -0.141. The molecule has 25 heteroatoms. The van der Waals surface area contributed by atoms with Crippen molar-refractivity contribution in [3.05, 3.63) is 87.3 Å². The molecule has 4 aromatic rings. The standard InChI is InChI=1S/C46H51ClF9N9O6/c1-43(2,58-4)12-10-29-6-7-30(31-8-9-33(47)36-38(31)64(25-45(51,52)53)63-41(36)65(59-5)42(68)71-19-18-70-17-16-69-15-14-66)37(61-29)34(22-26-20-27(48)23-28(49)21-26)62-35(67)24-60-40-32(11-13-44(40,3)50)39(57)46(54,55)56/h6-9,20-21,23,34,57-60,66H,11,13-19,22,24-25H2,1-5H3,(H,62,67). The molecule has 2 amide bonds. The molecule has 6 N–H and O–H groups in total. The van der Waals surface area contributed by atoms with Gasteiger partial charge in [-0.25, -0.2) is 28.4 Å². The topological polar surface area (TPSA) is 188 Å². The Hall–Kier alpha value is -5.97. The molecular formula is C46H51ClF9N9O6. The van der Waals surface area contributed by atoms with E-state index in [1.54, 1.807) is 20.9 Å². The summed E-state index contributed by atoms with van der Waals surface area (Å²) in [5.41, 5.74) is -4.41. The lowest BCUT2D eigenvalue weighted by Crippen LogP contribution is -2.42. The number of allylic oxidation sites excluding steroid dienone is 2. The Morgan fingerprint density at radius 2 is 1.63 bits per heavy atom. The number of pyridine rings is 1. The van der Waals surface area contributed by atoms with Crippen molar-refractivity contribution in [3.63, 3.8) is 0 Å². The van der Waals surface area contributed by atoms with E-state index in [1.807, 2.05) is 0 Å². The van der Waals surface area contributed by atoms with Crippen LogP contribution in [0.4, 0.5) is 50.1 Å². The fourth-order valence-corrected chi connectivity index (χ4v) is 7.63. The molecule has 71 heavy (non-hydrogen) atoms. The number of fused-ring (bicyclic) bond motifs is 1. The van der Waals surface area contributed by atoms with Crippen molar-refractivity contribution in [3.8, 4) is 23.0 Å². The Kier molecular flexibility index (Phi) is 18.5. The van der Waals surface area contributed by atoms with E-state index in [9.17, 15) is 44.7 Å². The summed E-state index contributed by atoms with van der Waals surface area (Å²) in [5, 5.41) is 29.1. The summed E-state index contributed by atoms with van der Waals surface area (Å²) < 4.78 is 146. The average molecular weight is 1030 g/mol. The molecular weight excluding hydrogens is 981 g/mol. The number of amides is 2. The summed E-state index contributed by atoms with van der Waals surface area (Å²) in [6, 6.07) is 6.42. The molecule has 0 aliphatic heterocycles. The maximum atomic E-state index is 15.7. The second-order valence-electron chi connectivity index (χ2n) is 16.7. The largest absolute Gasteiger partial charge is 0.446 e.